The van der Waals surface area contributed by atoms with E-state index in [-0.39, 0.29) is 25.5 Å². The van der Waals surface area contributed by atoms with E-state index in [4.69, 9.17) is 10.2 Å². The van der Waals surface area contributed by atoms with Crippen LogP contribution in [0, 0.1) is 6.92 Å². The van der Waals surface area contributed by atoms with E-state index in [9.17, 15) is 9.59 Å². The molecule has 0 spiro atoms. The van der Waals surface area contributed by atoms with Crippen LogP contribution in [0.4, 0.5) is 11.4 Å². The third kappa shape index (κ3) is 5.82. The van der Waals surface area contributed by atoms with Crippen LogP contribution in [-0.4, -0.2) is 54.4 Å². The first-order chi connectivity index (χ1) is 11.4. The molecule has 0 saturated carbocycles. The number of nitrogens with one attached hydrogen (secondary N) is 2. The molecule has 0 aliphatic heterocycles. The van der Waals surface area contributed by atoms with Crippen LogP contribution in [0.25, 0.3) is 0 Å². The Hall–Kier alpha value is -2.12. The van der Waals surface area contributed by atoms with Gasteiger partial charge in [0, 0.05) is 31.0 Å². The predicted octanol–water partition coefficient (Wildman–Crippen LogP) is 1.20. The molecule has 0 radical (unpaired) electrons. The summed E-state index contributed by atoms with van der Waals surface area (Å²) in [6, 6.07) is 4.75. The molecule has 0 bridgehead atoms. The van der Waals surface area contributed by atoms with E-state index in [2.05, 4.69) is 29.4 Å². The average Bonchev–Trinajstić information content (AvgIpc) is 2.54. The molecule has 1 amide bonds. The lowest BCUT2D eigenvalue weighted by Gasteiger charge is -2.22. The van der Waals surface area contributed by atoms with Gasteiger partial charge in [0.1, 0.15) is 6.04 Å². The van der Waals surface area contributed by atoms with Gasteiger partial charge in [-0.2, -0.15) is 0 Å². The lowest BCUT2D eigenvalue weighted by Crippen LogP contribution is -2.41. The summed E-state index contributed by atoms with van der Waals surface area (Å²) in [7, 11) is 0. The summed E-state index contributed by atoms with van der Waals surface area (Å²) in [5.41, 5.74) is 2.67. The summed E-state index contributed by atoms with van der Waals surface area (Å²) in [5, 5.41) is 23.2. The Morgan fingerprint density at radius 3 is 2.42 bits per heavy atom. The van der Waals surface area contributed by atoms with E-state index < -0.39 is 12.0 Å². The van der Waals surface area contributed by atoms with Crippen LogP contribution < -0.4 is 15.5 Å². The van der Waals surface area contributed by atoms with E-state index in [1.54, 1.807) is 0 Å². The number of amides is 1. The third-order valence-corrected chi connectivity index (χ3v) is 3.80. The Balaban J connectivity index is 2.74. The van der Waals surface area contributed by atoms with E-state index >= 15 is 0 Å². The quantitative estimate of drug-likeness (QED) is 0.512. The van der Waals surface area contributed by atoms with E-state index in [1.807, 2.05) is 25.1 Å². The number of aryl methyl sites for hydroxylation is 1. The second kappa shape index (κ2) is 9.89. The smallest absolute Gasteiger partial charge is 0.321 e. The maximum Gasteiger partial charge on any atom is 0.321 e. The van der Waals surface area contributed by atoms with Gasteiger partial charge in [0.15, 0.2) is 0 Å². The van der Waals surface area contributed by atoms with Gasteiger partial charge in [-0.05, 0) is 44.5 Å². The highest BCUT2D eigenvalue weighted by Gasteiger charge is 2.20. The first-order valence-electron chi connectivity index (χ1n) is 8.15. The molecule has 1 aromatic carbocycles. The van der Waals surface area contributed by atoms with Gasteiger partial charge in [0.05, 0.1) is 13.0 Å². The molecule has 1 rings (SSSR count). The minimum absolute atomic E-state index is 0.127. The second-order valence-corrected chi connectivity index (χ2v) is 5.49. The number of aliphatic carboxylic acids is 1. The highest BCUT2D eigenvalue weighted by molar-refractivity contribution is 5.94. The van der Waals surface area contributed by atoms with Crippen LogP contribution in [0.3, 0.4) is 0 Å². The van der Waals surface area contributed by atoms with Gasteiger partial charge in [-0.15, -0.1) is 0 Å². The van der Waals surface area contributed by atoms with E-state index in [1.165, 1.54) is 0 Å². The molecule has 0 aliphatic carbocycles. The molecule has 24 heavy (non-hydrogen) atoms. The maximum absolute atomic E-state index is 12.1. The van der Waals surface area contributed by atoms with Gasteiger partial charge in [-0.3, -0.25) is 9.59 Å². The molecule has 1 atom stereocenters. The fourth-order valence-corrected chi connectivity index (χ4v) is 2.45. The van der Waals surface area contributed by atoms with Crippen molar-refractivity contribution in [3.8, 4) is 0 Å². The van der Waals surface area contributed by atoms with Crippen LogP contribution in [-0.2, 0) is 9.59 Å². The van der Waals surface area contributed by atoms with Crippen LogP contribution in [0.5, 0.6) is 0 Å². The SMILES string of the molecule is CCN(CC)c1ccc(NC(=O)CC(NCCO)C(=O)O)c(C)c1. The van der Waals surface area contributed by atoms with Crippen molar-refractivity contribution in [2.45, 2.75) is 33.2 Å². The Morgan fingerprint density at radius 1 is 1.25 bits per heavy atom. The average molecular weight is 337 g/mol. The Labute approximate surface area is 142 Å². The molecular weight excluding hydrogens is 310 g/mol. The molecule has 1 unspecified atom stereocenters. The number of rotatable bonds is 10. The molecule has 0 heterocycles. The van der Waals surface area contributed by atoms with Crippen molar-refractivity contribution in [1.29, 1.82) is 0 Å². The molecule has 134 valence electrons. The number of carboxylic acids is 1. The molecule has 0 fully saturated rings. The lowest BCUT2D eigenvalue weighted by molar-refractivity contribution is -0.141. The van der Waals surface area contributed by atoms with Crippen molar-refractivity contribution in [3.63, 3.8) is 0 Å². The first kappa shape index (κ1) is 19.9. The van der Waals surface area contributed by atoms with Crippen molar-refractivity contribution in [2.75, 3.05) is 36.5 Å². The number of carbonyl (C=O) groups excluding carboxylic acids is 1. The molecule has 0 aliphatic rings. The highest BCUT2D eigenvalue weighted by atomic mass is 16.4. The standard InChI is InChI=1S/C17H27N3O4/c1-4-20(5-2)13-6-7-14(12(3)10-13)19-16(22)11-15(17(23)24)18-8-9-21/h6-7,10,15,18,21H,4-5,8-9,11H2,1-3H3,(H,19,22)(H,23,24). The first-order valence-corrected chi connectivity index (χ1v) is 8.15. The zero-order valence-corrected chi connectivity index (χ0v) is 14.5. The summed E-state index contributed by atoms with van der Waals surface area (Å²) in [6.45, 7) is 7.82. The number of benzene rings is 1. The van der Waals surface area contributed by atoms with Gasteiger partial charge in [-0.1, -0.05) is 0 Å². The Bertz CT molecular complexity index is 559. The number of aliphatic hydroxyl groups is 1. The highest BCUT2D eigenvalue weighted by Crippen LogP contribution is 2.22. The largest absolute Gasteiger partial charge is 0.480 e. The topological polar surface area (TPSA) is 102 Å². The number of carbonyl (C=O) groups is 2. The van der Waals surface area contributed by atoms with Crippen molar-refractivity contribution in [2.24, 2.45) is 0 Å². The summed E-state index contributed by atoms with van der Waals surface area (Å²) < 4.78 is 0. The Morgan fingerprint density at radius 2 is 1.92 bits per heavy atom. The summed E-state index contributed by atoms with van der Waals surface area (Å²) in [5.74, 6) is -1.50. The molecule has 1 aromatic rings. The fourth-order valence-electron chi connectivity index (χ4n) is 2.45. The van der Waals surface area contributed by atoms with Gasteiger partial charge >= 0.3 is 5.97 Å². The zero-order valence-electron chi connectivity index (χ0n) is 14.5. The molecular formula is C17H27N3O4. The van der Waals surface area contributed by atoms with Gasteiger partial charge < -0.3 is 25.7 Å². The molecule has 4 N–H and O–H groups in total. The fraction of sp³-hybridized carbons (Fsp3) is 0.529. The molecule has 7 heteroatoms. The second-order valence-electron chi connectivity index (χ2n) is 5.49. The number of hydrogen-bond donors (Lipinski definition) is 4. The van der Waals surface area contributed by atoms with Crippen molar-refractivity contribution in [3.05, 3.63) is 23.8 Å². The lowest BCUT2D eigenvalue weighted by atomic mass is 10.1. The number of carboxylic acid groups (broad SMARTS) is 1. The Kier molecular flexibility index (Phi) is 8.21. The van der Waals surface area contributed by atoms with Crippen LogP contribution in [0.2, 0.25) is 0 Å². The monoisotopic (exact) mass is 337 g/mol. The minimum Gasteiger partial charge on any atom is -0.480 e. The van der Waals surface area contributed by atoms with Crippen molar-refractivity contribution >= 4 is 23.3 Å². The summed E-state index contributed by atoms with van der Waals surface area (Å²) in [4.78, 5) is 25.4. The number of aliphatic hydroxyl groups excluding tert-OH is 1. The van der Waals surface area contributed by atoms with Gasteiger partial charge in [0.25, 0.3) is 0 Å². The van der Waals surface area contributed by atoms with Crippen molar-refractivity contribution < 1.29 is 19.8 Å². The van der Waals surface area contributed by atoms with E-state index in [0.717, 1.165) is 24.3 Å². The number of anilines is 2. The van der Waals surface area contributed by atoms with E-state index in [0.29, 0.717) is 5.69 Å². The normalized spacial score (nSPS) is 11.8. The van der Waals surface area contributed by atoms with Gasteiger partial charge in [0.2, 0.25) is 5.91 Å². The summed E-state index contributed by atoms with van der Waals surface area (Å²) >= 11 is 0. The summed E-state index contributed by atoms with van der Waals surface area (Å²) in [6.07, 6.45) is -0.202. The molecule has 7 nitrogen and oxygen atoms in total. The number of hydrogen-bond acceptors (Lipinski definition) is 5. The van der Waals surface area contributed by atoms with Crippen LogP contribution >= 0.6 is 0 Å². The number of nitrogens with zero attached hydrogens (tertiary/aromatic N) is 1. The van der Waals surface area contributed by atoms with Gasteiger partial charge in [-0.25, -0.2) is 0 Å². The molecule has 0 saturated heterocycles. The third-order valence-electron chi connectivity index (χ3n) is 3.80. The van der Waals surface area contributed by atoms with Crippen LogP contribution in [0.15, 0.2) is 18.2 Å². The van der Waals surface area contributed by atoms with Crippen molar-refractivity contribution in [1.82, 2.24) is 5.32 Å². The van der Waals surface area contributed by atoms with Crippen LogP contribution in [0.1, 0.15) is 25.8 Å². The predicted molar refractivity (Wildman–Crippen MR) is 94.5 cm³/mol. The molecule has 0 aromatic heterocycles. The minimum atomic E-state index is -1.12. The maximum atomic E-state index is 12.1. The zero-order chi connectivity index (χ0) is 18.1.